The zero-order valence-electron chi connectivity index (χ0n) is 12.1. The van der Waals surface area contributed by atoms with Crippen molar-refractivity contribution >= 4 is 5.97 Å². The molecule has 0 atom stereocenters. The minimum atomic E-state index is -1.24. The largest absolute Gasteiger partial charge is 0.477 e. The van der Waals surface area contributed by atoms with Gasteiger partial charge in [0.15, 0.2) is 0 Å². The van der Waals surface area contributed by atoms with E-state index in [-0.39, 0.29) is 5.56 Å². The molecule has 1 aromatic heterocycles. The molecule has 3 rings (SSSR count). The summed E-state index contributed by atoms with van der Waals surface area (Å²) in [5.74, 6) is 0.213. The molecular formula is C17H14N2O4. The number of aromatic carboxylic acids is 1. The van der Waals surface area contributed by atoms with Gasteiger partial charge in [0.1, 0.15) is 17.1 Å². The Bertz CT molecular complexity index is 864. The molecule has 23 heavy (non-hydrogen) atoms. The summed E-state index contributed by atoms with van der Waals surface area (Å²) in [5.41, 5.74) is 0.0316. The van der Waals surface area contributed by atoms with Gasteiger partial charge in [0.25, 0.3) is 5.56 Å². The number of nitrogens with one attached hydrogen (secondary N) is 1. The topological polar surface area (TPSA) is 84.3 Å². The van der Waals surface area contributed by atoms with Crippen LogP contribution in [0.25, 0.3) is 0 Å². The maximum Gasteiger partial charge on any atom is 0.342 e. The molecule has 2 aromatic carbocycles. The molecule has 0 saturated heterocycles. The van der Waals surface area contributed by atoms with Crippen molar-refractivity contribution in [2.45, 2.75) is 6.54 Å². The molecule has 3 aromatic rings. The van der Waals surface area contributed by atoms with Crippen molar-refractivity contribution in [3.8, 4) is 11.5 Å². The number of H-pyrrole nitrogens is 1. The molecule has 0 bridgehead atoms. The number of carboxylic acid groups (broad SMARTS) is 1. The number of hydrogen-bond donors (Lipinski definition) is 2. The van der Waals surface area contributed by atoms with E-state index in [1.165, 1.54) is 10.9 Å². The number of hydrogen-bond acceptors (Lipinski definition) is 3. The first-order valence-corrected chi connectivity index (χ1v) is 6.96. The van der Waals surface area contributed by atoms with Gasteiger partial charge in [-0.05, 0) is 29.8 Å². The van der Waals surface area contributed by atoms with Gasteiger partial charge in [-0.25, -0.2) is 4.79 Å². The number of aromatic amines is 1. The standard InChI is InChI=1S/C17H14N2O4/c20-16-15(17(21)22)11-19(18-16)10-12-6-8-14(9-7-12)23-13-4-2-1-3-5-13/h1-9,11H,10H2,(H,18,20)(H,21,22). The maximum absolute atomic E-state index is 11.5. The zero-order chi connectivity index (χ0) is 16.2. The lowest BCUT2D eigenvalue weighted by molar-refractivity contribution is 0.0695. The van der Waals surface area contributed by atoms with E-state index in [0.717, 1.165) is 11.3 Å². The van der Waals surface area contributed by atoms with Crippen LogP contribution in [-0.2, 0) is 6.54 Å². The molecule has 0 aliphatic carbocycles. The lowest BCUT2D eigenvalue weighted by Crippen LogP contribution is -2.12. The van der Waals surface area contributed by atoms with Crippen LogP contribution in [0.2, 0.25) is 0 Å². The van der Waals surface area contributed by atoms with Crippen LogP contribution in [0.5, 0.6) is 11.5 Å². The van der Waals surface area contributed by atoms with E-state index in [1.807, 2.05) is 54.6 Å². The van der Waals surface area contributed by atoms with Gasteiger partial charge in [0, 0.05) is 6.20 Å². The van der Waals surface area contributed by atoms with Gasteiger partial charge in [-0.1, -0.05) is 30.3 Å². The Hall–Kier alpha value is -3.28. The molecule has 0 saturated carbocycles. The molecule has 6 nitrogen and oxygen atoms in total. The maximum atomic E-state index is 11.5. The van der Waals surface area contributed by atoms with E-state index < -0.39 is 11.5 Å². The van der Waals surface area contributed by atoms with Gasteiger partial charge < -0.3 is 9.84 Å². The van der Waals surface area contributed by atoms with E-state index >= 15 is 0 Å². The van der Waals surface area contributed by atoms with Gasteiger partial charge in [-0.15, -0.1) is 0 Å². The molecule has 0 aliphatic rings. The third-order valence-corrected chi connectivity index (χ3v) is 3.26. The monoisotopic (exact) mass is 310 g/mol. The van der Waals surface area contributed by atoms with Gasteiger partial charge in [0.05, 0.1) is 6.54 Å². The van der Waals surface area contributed by atoms with Crippen LogP contribution in [0.4, 0.5) is 0 Å². The van der Waals surface area contributed by atoms with Crippen LogP contribution < -0.4 is 10.3 Å². The quantitative estimate of drug-likeness (QED) is 0.759. The Labute approximate surface area is 131 Å². The summed E-state index contributed by atoms with van der Waals surface area (Å²) >= 11 is 0. The van der Waals surface area contributed by atoms with Crippen LogP contribution >= 0.6 is 0 Å². The lowest BCUT2D eigenvalue weighted by Gasteiger charge is -2.07. The van der Waals surface area contributed by atoms with Gasteiger partial charge in [-0.2, -0.15) is 0 Å². The first-order chi connectivity index (χ1) is 11.1. The fraction of sp³-hybridized carbons (Fsp3) is 0.0588. The molecule has 0 fully saturated rings. The molecule has 0 amide bonds. The molecule has 0 spiro atoms. The molecule has 6 heteroatoms. The lowest BCUT2D eigenvalue weighted by atomic mass is 10.2. The number of aromatic nitrogens is 2. The second-order valence-electron chi connectivity index (χ2n) is 4.98. The molecule has 0 aliphatic heterocycles. The number of para-hydroxylation sites is 1. The second kappa shape index (κ2) is 6.23. The van der Waals surface area contributed by atoms with Crippen molar-refractivity contribution in [1.82, 2.24) is 9.78 Å². The molecule has 2 N–H and O–H groups in total. The van der Waals surface area contributed by atoms with Crippen LogP contribution in [0.1, 0.15) is 15.9 Å². The van der Waals surface area contributed by atoms with Gasteiger partial charge in [0.2, 0.25) is 0 Å². The summed E-state index contributed by atoms with van der Waals surface area (Å²) in [4.78, 5) is 22.3. The van der Waals surface area contributed by atoms with Gasteiger partial charge in [-0.3, -0.25) is 14.6 Å². The van der Waals surface area contributed by atoms with Crippen molar-refractivity contribution in [3.63, 3.8) is 0 Å². The highest BCUT2D eigenvalue weighted by molar-refractivity contribution is 5.86. The summed E-state index contributed by atoms with van der Waals surface area (Å²) in [6.07, 6.45) is 1.29. The Morgan fingerprint density at radius 3 is 2.30 bits per heavy atom. The number of benzene rings is 2. The average molecular weight is 310 g/mol. The number of carboxylic acids is 1. The highest BCUT2D eigenvalue weighted by Gasteiger charge is 2.11. The molecule has 0 radical (unpaired) electrons. The molecular weight excluding hydrogens is 296 g/mol. The Kier molecular flexibility index (Phi) is 3.97. The molecule has 0 unspecified atom stereocenters. The highest BCUT2D eigenvalue weighted by Crippen LogP contribution is 2.21. The normalized spacial score (nSPS) is 10.4. The number of carbonyl (C=O) groups is 1. The number of rotatable bonds is 5. The highest BCUT2D eigenvalue weighted by atomic mass is 16.5. The van der Waals surface area contributed by atoms with E-state index in [1.54, 1.807) is 0 Å². The summed E-state index contributed by atoms with van der Waals surface area (Å²) in [5, 5.41) is 11.3. The van der Waals surface area contributed by atoms with Crippen LogP contribution in [0, 0.1) is 0 Å². The SMILES string of the molecule is O=C(O)c1cn(Cc2ccc(Oc3ccccc3)cc2)[nH]c1=O. The average Bonchev–Trinajstić information content (AvgIpc) is 2.91. The fourth-order valence-electron chi connectivity index (χ4n) is 2.16. The zero-order valence-corrected chi connectivity index (χ0v) is 12.1. The number of nitrogens with zero attached hydrogens (tertiary/aromatic N) is 1. The predicted octanol–water partition coefficient (Wildman–Crippen LogP) is 2.72. The molecule has 1 heterocycles. The summed E-state index contributed by atoms with van der Waals surface area (Å²) in [7, 11) is 0. The Morgan fingerprint density at radius 1 is 1.04 bits per heavy atom. The first-order valence-electron chi connectivity index (χ1n) is 6.96. The predicted molar refractivity (Wildman–Crippen MR) is 84.1 cm³/mol. The molecule has 116 valence electrons. The number of ether oxygens (including phenoxy) is 1. The summed E-state index contributed by atoms with van der Waals surface area (Å²) in [6.45, 7) is 0.369. The van der Waals surface area contributed by atoms with Crippen molar-refractivity contribution in [2.24, 2.45) is 0 Å². The van der Waals surface area contributed by atoms with E-state index in [2.05, 4.69) is 5.10 Å². The third kappa shape index (κ3) is 3.49. The van der Waals surface area contributed by atoms with Crippen molar-refractivity contribution in [3.05, 3.63) is 82.3 Å². The fourth-order valence-corrected chi connectivity index (χ4v) is 2.16. The summed E-state index contributed by atoms with van der Waals surface area (Å²) in [6, 6.07) is 16.8. The van der Waals surface area contributed by atoms with Crippen LogP contribution in [0.15, 0.2) is 65.6 Å². The first kappa shape index (κ1) is 14.6. The van der Waals surface area contributed by atoms with Gasteiger partial charge >= 0.3 is 5.97 Å². The Balaban J connectivity index is 1.71. The minimum Gasteiger partial charge on any atom is -0.477 e. The minimum absolute atomic E-state index is 0.269. The van der Waals surface area contributed by atoms with Crippen LogP contribution in [0.3, 0.4) is 0 Å². The third-order valence-electron chi connectivity index (χ3n) is 3.26. The van der Waals surface area contributed by atoms with Crippen molar-refractivity contribution in [1.29, 1.82) is 0 Å². The Morgan fingerprint density at radius 2 is 1.70 bits per heavy atom. The smallest absolute Gasteiger partial charge is 0.342 e. The van der Waals surface area contributed by atoms with Crippen molar-refractivity contribution < 1.29 is 14.6 Å². The second-order valence-corrected chi connectivity index (χ2v) is 4.98. The van der Waals surface area contributed by atoms with E-state index in [4.69, 9.17) is 9.84 Å². The van der Waals surface area contributed by atoms with Crippen LogP contribution in [-0.4, -0.2) is 20.9 Å². The summed E-state index contributed by atoms with van der Waals surface area (Å²) < 4.78 is 7.14. The van der Waals surface area contributed by atoms with Crippen molar-refractivity contribution in [2.75, 3.05) is 0 Å². The van der Waals surface area contributed by atoms with E-state index in [0.29, 0.717) is 12.3 Å². The van der Waals surface area contributed by atoms with E-state index in [9.17, 15) is 9.59 Å².